The third kappa shape index (κ3) is 6.02. The number of nitrogens with one attached hydrogen (secondary N) is 3. The normalized spacial score (nSPS) is 22.0. The Bertz CT molecular complexity index is 1030. The van der Waals surface area contributed by atoms with Crippen LogP contribution in [0.25, 0.3) is 11.1 Å². The maximum Gasteiger partial charge on any atom is 0.149 e. The number of halogens is 2. The van der Waals surface area contributed by atoms with Crippen LogP contribution >= 0.6 is 0 Å². The first-order chi connectivity index (χ1) is 16.4. The van der Waals surface area contributed by atoms with Crippen LogP contribution < -0.4 is 16.0 Å². The number of pyridine rings is 1. The molecule has 0 radical (unpaired) electrons. The Labute approximate surface area is 200 Å². The van der Waals surface area contributed by atoms with Gasteiger partial charge in [0, 0.05) is 48.6 Å². The molecule has 2 fully saturated rings. The van der Waals surface area contributed by atoms with E-state index in [1.165, 1.54) is 6.07 Å². The molecule has 0 saturated heterocycles. The minimum atomic E-state index is -0.572. The van der Waals surface area contributed by atoms with Crippen molar-refractivity contribution in [3.63, 3.8) is 0 Å². The van der Waals surface area contributed by atoms with Crippen LogP contribution in [-0.2, 0) is 4.74 Å². The highest BCUT2D eigenvalue weighted by atomic mass is 19.1. The van der Waals surface area contributed by atoms with Gasteiger partial charge in [-0.15, -0.1) is 0 Å². The van der Waals surface area contributed by atoms with Crippen LogP contribution in [0.1, 0.15) is 45.4 Å². The molecule has 4 rings (SSSR count). The molecule has 2 aliphatic carbocycles. The summed E-state index contributed by atoms with van der Waals surface area (Å²) in [7, 11) is 1.71. The van der Waals surface area contributed by atoms with Crippen LogP contribution in [-0.4, -0.2) is 43.4 Å². The van der Waals surface area contributed by atoms with E-state index < -0.39 is 11.6 Å². The van der Waals surface area contributed by atoms with Gasteiger partial charge in [0.05, 0.1) is 24.3 Å². The van der Waals surface area contributed by atoms with Crippen molar-refractivity contribution in [2.45, 2.75) is 63.6 Å². The number of benzene rings is 1. The minimum Gasteiger partial charge on any atom is -0.383 e. The number of hydrogen-bond acceptors (Lipinski definition) is 6. The monoisotopic (exact) mass is 469 g/mol. The van der Waals surface area contributed by atoms with Crippen molar-refractivity contribution in [2.75, 3.05) is 30.9 Å². The molecular weight excluding hydrogens is 436 g/mol. The fraction of sp³-hybridized carbons (Fsp3) is 0.538. The van der Waals surface area contributed by atoms with Crippen molar-refractivity contribution in [3.05, 3.63) is 42.1 Å². The van der Waals surface area contributed by atoms with Gasteiger partial charge in [0.15, 0.2) is 0 Å². The highest BCUT2D eigenvalue weighted by Crippen LogP contribution is 2.45. The van der Waals surface area contributed by atoms with E-state index in [-0.39, 0.29) is 22.6 Å². The second kappa shape index (κ2) is 10.7. The SMILES string of the molecule is COCC(C)NC1CCC(Nc2cc(-c3cc(NCC4(C#N)CC4)ccc3F)c(F)cn2)CC1. The Morgan fingerprint density at radius 3 is 2.50 bits per heavy atom. The predicted molar refractivity (Wildman–Crippen MR) is 129 cm³/mol. The summed E-state index contributed by atoms with van der Waals surface area (Å²) >= 11 is 0. The van der Waals surface area contributed by atoms with Crippen molar-refractivity contribution in [1.82, 2.24) is 10.3 Å². The van der Waals surface area contributed by atoms with Gasteiger partial charge < -0.3 is 20.7 Å². The predicted octanol–water partition coefficient (Wildman–Crippen LogP) is 5.09. The van der Waals surface area contributed by atoms with Gasteiger partial charge in [0.1, 0.15) is 17.5 Å². The quantitative estimate of drug-likeness (QED) is 0.450. The van der Waals surface area contributed by atoms with Crippen molar-refractivity contribution in [3.8, 4) is 17.2 Å². The third-order valence-corrected chi connectivity index (χ3v) is 6.85. The summed E-state index contributed by atoms with van der Waals surface area (Å²) < 4.78 is 34.6. The Morgan fingerprint density at radius 1 is 1.12 bits per heavy atom. The Kier molecular flexibility index (Phi) is 7.64. The van der Waals surface area contributed by atoms with Crippen LogP contribution in [0.2, 0.25) is 0 Å². The Balaban J connectivity index is 1.41. The van der Waals surface area contributed by atoms with E-state index in [4.69, 9.17) is 4.74 Å². The maximum absolute atomic E-state index is 14.7. The number of rotatable bonds is 10. The van der Waals surface area contributed by atoms with Crippen LogP contribution in [0.5, 0.6) is 0 Å². The molecule has 3 N–H and O–H groups in total. The van der Waals surface area contributed by atoms with Gasteiger partial charge in [-0.1, -0.05) is 0 Å². The van der Waals surface area contributed by atoms with E-state index >= 15 is 0 Å². The molecule has 1 heterocycles. The zero-order valence-corrected chi connectivity index (χ0v) is 19.8. The van der Waals surface area contributed by atoms with E-state index in [9.17, 15) is 14.0 Å². The molecule has 2 saturated carbocycles. The summed E-state index contributed by atoms with van der Waals surface area (Å²) in [5, 5.41) is 19.5. The number of methoxy groups -OCH3 is 1. The molecule has 0 amide bonds. The Morgan fingerprint density at radius 2 is 1.82 bits per heavy atom. The van der Waals surface area contributed by atoms with Gasteiger partial charge in [-0.3, -0.25) is 0 Å². The third-order valence-electron chi connectivity index (χ3n) is 6.85. The molecule has 1 unspecified atom stereocenters. The molecule has 6 nitrogen and oxygen atoms in total. The topological polar surface area (TPSA) is 82.0 Å². The summed E-state index contributed by atoms with van der Waals surface area (Å²) in [6.45, 7) is 3.31. The fourth-order valence-corrected chi connectivity index (χ4v) is 4.63. The summed E-state index contributed by atoms with van der Waals surface area (Å²) in [5.41, 5.74) is 0.681. The second-order valence-corrected chi connectivity index (χ2v) is 9.71. The number of nitrogens with zero attached hydrogens (tertiary/aromatic N) is 2. The van der Waals surface area contributed by atoms with Gasteiger partial charge >= 0.3 is 0 Å². The van der Waals surface area contributed by atoms with E-state index in [2.05, 4.69) is 33.9 Å². The highest BCUT2D eigenvalue weighted by molar-refractivity contribution is 5.71. The number of aromatic nitrogens is 1. The van der Waals surface area contributed by atoms with Crippen molar-refractivity contribution in [1.29, 1.82) is 5.26 Å². The lowest BCUT2D eigenvalue weighted by atomic mass is 9.90. The van der Waals surface area contributed by atoms with Crippen LogP contribution in [0.4, 0.5) is 20.3 Å². The van der Waals surface area contributed by atoms with Crippen LogP contribution in [0, 0.1) is 28.4 Å². The number of ether oxygens (including phenoxy) is 1. The lowest BCUT2D eigenvalue weighted by molar-refractivity contribution is 0.161. The molecule has 34 heavy (non-hydrogen) atoms. The average molecular weight is 470 g/mol. The van der Waals surface area contributed by atoms with E-state index in [1.807, 2.05) is 0 Å². The summed E-state index contributed by atoms with van der Waals surface area (Å²) in [5.74, 6) is -0.531. The lowest BCUT2D eigenvalue weighted by Crippen LogP contribution is -2.42. The minimum absolute atomic E-state index is 0.170. The van der Waals surface area contributed by atoms with E-state index in [0.29, 0.717) is 36.7 Å². The average Bonchev–Trinajstić information content (AvgIpc) is 3.62. The van der Waals surface area contributed by atoms with Crippen molar-refractivity contribution in [2.24, 2.45) is 5.41 Å². The number of nitriles is 1. The molecule has 8 heteroatoms. The van der Waals surface area contributed by atoms with Gasteiger partial charge in [0.2, 0.25) is 0 Å². The molecule has 1 atom stereocenters. The second-order valence-electron chi connectivity index (χ2n) is 9.71. The molecule has 1 aromatic carbocycles. The van der Waals surface area contributed by atoms with E-state index in [1.54, 1.807) is 25.3 Å². The van der Waals surface area contributed by atoms with E-state index in [0.717, 1.165) is 44.7 Å². The molecule has 182 valence electrons. The van der Waals surface area contributed by atoms with Gasteiger partial charge in [0.25, 0.3) is 0 Å². The first-order valence-electron chi connectivity index (χ1n) is 12.0. The summed E-state index contributed by atoms with van der Waals surface area (Å²) in [6, 6.07) is 9.47. The molecule has 0 aliphatic heterocycles. The molecular formula is C26H33F2N5O. The molecule has 2 aliphatic rings. The molecule has 1 aromatic heterocycles. The van der Waals surface area contributed by atoms with Crippen molar-refractivity contribution < 1.29 is 13.5 Å². The zero-order chi connectivity index (χ0) is 24.1. The molecule has 0 spiro atoms. The standard InChI is InChI=1S/C26H33F2N5O/c1-17(14-34-2)32-18-3-5-19(6-4-18)33-25-12-22(24(28)13-30-25)21-11-20(7-8-23(21)27)31-16-26(15-29)9-10-26/h7-8,11-13,17-19,31-32H,3-6,9-10,14,16H2,1-2H3,(H,30,33). The lowest BCUT2D eigenvalue weighted by Gasteiger charge is -2.31. The van der Waals surface area contributed by atoms with Gasteiger partial charge in [-0.25, -0.2) is 13.8 Å². The smallest absolute Gasteiger partial charge is 0.149 e. The van der Waals surface area contributed by atoms with Gasteiger partial charge in [-0.2, -0.15) is 5.26 Å². The van der Waals surface area contributed by atoms with Crippen LogP contribution in [0.3, 0.4) is 0 Å². The zero-order valence-electron chi connectivity index (χ0n) is 19.8. The maximum atomic E-state index is 14.7. The first-order valence-corrected chi connectivity index (χ1v) is 12.0. The summed E-state index contributed by atoms with van der Waals surface area (Å²) in [6.07, 6.45) is 6.88. The first kappa shape index (κ1) is 24.4. The fourth-order valence-electron chi connectivity index (χ4n) is 4.63. The molecule has 2 aromatic rings. The number of anilines is 2. The van der Waals surface area contributed by atoms with Crippen molar-refractivity contribution >= 4 is 11.5 Å². The summed E-state index contributed by atoms with van der Waals surface area (Å²) in [4.78, 5) is 4.20. The van der Waals surface area contributed by atoms with Gasteiger partial charge in [-0.05, 0) is 69.7 Å². The largest absolute Gasteiger partial charge is 0.383 e. The highest BCUT2D eigenvalue weighted by Gasteiger charge is 2.42. The number of hydrogen-bond donors (Lipinski definition) is 3. The van der Waals surface area contributed by atoms with Crippen LogP contribution in [0.15, 0.2) is 30.5 Å². The molecule has 0 bridgehead atoms. The Hall–Kier alpha value is -2.76.